The SMILES string of the molecule is OC(CNCc1cc(Cl)c2c(c1)OCO2)C(F)(F)F. The molecule has 4 nitrogen and oxygen atoms in total. The molecule has 1 aliphatic heterocycles. The lowest BCUT2D eigenvalue weighted by molar-refractivity contribution is -0.201. The van der Waals surface area contributed by atoms with Gasteiger partial charge in [0.2, 0.25) is 6.79 Å². The van der Waals surface area contributed by atoms with Crippen molar-refractivity contribution in [2.24, 2.45) is 0 Å². The summed E-state index contributed by atoms with van der Waals surface area (Å²) in [7, 11) is 0. The molecule has 19 heavy (non-hydrogen) atoms. The van der Waals surface area contributed by atoms with E-state index in [2.05, 4.69) is 5.32 Å². The largest absolute Gasteiger partial charge is 0.454 e. The standard InChI is InChI=1S/C11H11ClF3NO3/c12-7-1-6(2-8-10(7)19-5-18-8)3-16-4-9(17)11(13,14)15/h1-2,9,16-17H,3-5H2. The van der Waals surface area contributed by atoms with Crippen LogP contribution in [0, 0.1) is 0 Å². The van der Waals surface area contributed by atoms with Crippen molar-refractivity contribution in [2.75, 3.05) is 13.3 Å². The van der Waals surface area contributed by atoms with Gasteiger partial charge in [-0.2, -0.15) is 13.2 Å². The topological polar surface area (TPSA) is 50.7 Å². The van der Waals surface area contributed by atoms with Crippen molar-refractivity contribution in [1.29, 1.82) is 0 Å². The smallest absolute Gasteiger partial charge is 0.415 e. The fraction of sp³-hybridized carbons (Fsp3) is 0.455. The van der Waals surface area contributed by atoms with E-state index in [-0.39, 0.29) is 13.3 Å². The summed E-state index contributed by atoms with van der Waals surface area (Å²) in [5.41, 5.74) is 0.642. The number of benzene rings is 1. The minimum absolute atomic E-state index is 0.0682. The lowest BCUT2D eigenvalue weighted by atomic mass is 10.2. The molecule has 1 aromatic rings. The summed E-state index contributed by atoms with van der Waals surface area (Å²) < 4.78 is 46.5. The molecule has 1 heterocycles. The van der Waals surface area contributed by atoms with Crippen molar-refractivity contribution in [3.8, 4) is 11.5 Å². The van der Waals surface area contributed by atoms with E-state index in [1.54, 1.807) is 12.1 Å². The van der Waals surface area contributed by atoms with Crippen LogP contribution in [0.2, 0.25) is 5.02 Å². The van der Waals surface area contributed by atoms with E-state index in [1.165, 1.54) is 0 Å². The summed E-state index contributed by atoms with van der Waals surface area (Å²) in [5, 5.41) is 11.7. The Bertz CT molecular complexity index is 467. The van der Waals surface area contributed by atoms with Gasteiger partial charge in [-0.1, -0.05) is 11.6 Å². The van der Waals surface area contributed by atoms with Gasteiger partial charge < -0.3 is 19.9 Å². The molecule has 1 aromatic carbocycles. The highest BCUT2D eigenvalue weighted by atomic mass is 35.5. The first-order chi connectivity index (χ1) is 8.88. The molecule has 0 aliphatic carbocycles. The summed E-state index contributed by atoms with van der Waals surface area (Å²) in [4.78, 5) is 0. The van der Waals surface area contributed by atoms with Crippen LogP contribution in [-0.4, -0.2) is 30.7 Å². The molecule has 8 heteroatoms. The number of aliphatic hydroxyl groups excluding tert-OH is 1. The number of hydrogen-bond acceptors (Lipinski definition) is 4. The number of rotatable bonds is 4. The number of halogens is 4. The molecule has 106 valence electrons. The Hall–Kier alpha value is -1.18. The Morgan fingerprint density at radius 2 is 2.11 bits per heavy atom. The van der Waals surface area contributed by atoms with E-state index in [4.69, 9.17) is 26.2 Å². The maximum atomic E-state index is 12.1. The van der Waals surface area contributed by atoms with Gasteiger partial charge in [0.05, 0.1) is 5.02 Å². The molecule has 0 saturated carbocycles. The van der Waals surface area contributed by atoms with Gasteiger partial charge in [0, 0.05) is 13.1 Å². The number of alkyl halides is 3. The first kappa shape index (κ1) is 14.2. The molecule has 2 rings (SSSR count). The highest BCUT2D eigenvalue weighted by Gasteiger charge is 2.37. The number of fused-ring (bicyclic) bond motifs is 1. The van der Waals surface area contributed by atoms with Crippen molar-refractivity contribution >= 4 is 11.6 Å². The Balaban J connectivity index is 1.92. The predicted molar refractivity (Wildman–Crippen MR) is 61.3 cm³/mol. The second kappa shape index (κ2) is 5.44. The molecule has 0 radical (unpaired) electrons. The molecule has 1 aliphatic rings. The monoisotopic (exact) mass is 297 g/mol. The van der Waals surface area contributed by atoms with E-state index >= 15 is 0 Å². The molecular weight excluding hydrogens is 287 g/mol. The maximum absolute atomic E-state index is 12.1. The van der Waals surface area contributed by atoms with Crippen LogP contribution in [0.4, 0.5) is 13.2 Å². The van der Waals surface area contributed by atoms with Crippen LogP contribution in [0.3, 0.4) is 0 Å². The van der Waals surface area contributed by atoms with Gasteiger partial charge in [-0.15, -0.1) is 0 Å². The molecule has 1 atom stereocenters. The van der Waals surface area contributed by atoms with Crippen LogP contribution in [-0.2, 0) is 6.54 Å². The molecule has 2 N–H and O–H groups in total. The van der Waals surface area contributed by atoms with Gasteiger partial charge in [0.15, 0.2) is 17.6 Å². The van der Waals surface area contributed by atoms with Gasteiger partial charge in [0.1, 0.15) is 0 Å². The molecule has 0 fully saturated rings. The van der Waals surface area contributed by atoms with Crippen molar-refractivity contribution in [3.05, 3.63) is 22.7 Å². The Morgan fingerprint density at radius 1 is 1.37 bits per heavy atom. The minimum Gasteiger partial charge on any atom is -0.454 e. The Labute approximate surface area is 112 Å². The Kier molecular flexibility index (Phi) is 4.07. The van der Waals surface area contributed by atoms with E-state index < -0.39 is 18.8 Å². The molecule has 1 unspecified atom stereocenters. The van der Waals surface area contributed by atoms with Gasteiger partial charge in [0.25, 0.3) is 0 Å². The zero-order chi connectivity index (χ0) is 14.0. The van der Waals surface area contributed by atoms with E-state index in [0.717, 1.165) is 0 Å². The van der Waals surface area contributed by atoms with Crippen LogP contribution in [0.1, 0.15) is 5.56 Å². The normalized spacial score (nSPS) is 15.6. The molecule has 0 spiro atoms. The Morgan fingerprint density at radius 3 is 2.79 bits per heavy atom. The highest BCUT2D eigenvalue weighted by molar-refractivity contribution is 6.32. The van der Waals surface area contributed by atoms with Crippen LogP contribution >= 0.6 is 11.6 Å². The first-order valence-corrected chi connectivity index (χ1v) is 5.79. The van der Waals surface area contributed by atoms with Crippen LogP contribution in [0.15, 0.2) is 12.1 Å². The second-order valence-electron chi connectivity index (χ2n) is 4.00. The molecule has 0 bridgehead atoms. The van der Waals surface area contributed by atoms with Crippen molar-refractivity contribution in [2.45, 2.75) is 18.8 Å². The summed E-state index contributed by atoms with van der Waals surface area (Å²) in [6.07, 6.45) is -7.02. The zero-order valence-corrected chi connectivity index (χ0v) is 10.4. The maximum Gasteiger partial charge on any atom is 0.415 e. The lowest BCUT2D eigenvalue weighted by Crippen LogP contribution is -2.38. The van der Waals surface area contributed by atoms with E-state index in [9.17, 15) is 13.2 Å². The number of ether oxygens (including phenoxy) is 2. The number of hydrogen-bond donors (Lipinski definition) is 2. The van der Waals surface area contributed by atoms with Crippen molar-refractivity contribution < 1.29 is 27.8 Å². The third kappa shape index (κ3) is 3.43. The van der Waals surface area contributed by atoms with Crippen molar-refractivity contribution in [3.63, 3.8) is 0 Å². The summed E-state index contributed by atoms with van der Waals surface area (Å²) in [5.74, 6) is 0.890. The molecule has 0 amide bonds. The number of aliphatic hydroxyl groups is 1. The average molecular weight is 298 g/mol. The minimum atomic E-state index is -4.63. The summed E-state index contributed by atoms with van der Waals surface area (Å²) >= 11 is 5.93. The fourth-order valence-corrected chi connectivity index (χ4v) is 1.88. The molecular formula is C11H11ClF3NO3. The lowest BCUT2D eigenvalue weighted by Gasteiger charge is -2.15. The quantitative estimate of drug-likeness (QED) is 0.893. The second-order valence-corrected chi connectivity index (χ2v) is 4.41. The van der Waals surface area contributed by atoms with Gasteiger partial charge in [-0.25, -0.2) is 0 Å². The summed E-state index contributed by atoms with van der Waals surface area (Å²) in [6, 6.07) is 3.20. The highest BCUT2D eigenvalue weighted by Crippen LogP contribution is 2.39. The fourth-order valence-electron chi connectivity index (χ4n) is 1.59. The van der Waals surface area contributed by atoms with Gasteiger partial charge >= 0.3 is 6.18 Å². The van der Waals surface area contributed by atoms with Gasteiger partial charge in [-0.3, -0.25) is 0 Å². The average Bonchev–Trinajstić information content (AvgIpc) is 2.76. The first-order valence-electron chi connectivity index (χ1n) is 5.41. The van der Waals surface area contributed by atoms with E-state index in [0.29, 0.717) is 22.1 Å². The zero-order valence-electron chi connectivity index (χ0n) is 9.63. The van der Waals surface area contributed by atoms with Gasteiger partial charge in [-0.05, 0) is 17.7 Å². The van der Waals surface area contributed by atoms with Crippen LogP contribution < -0.4 is 14.8 Å². The summed E-state index contributed by atoms with van der Waals surface area (Å²) in [6.45, 7) is -0.391. The number of nitrogens with one attached hydrogen (secondary N) is 1. The predicted octanol–water partition coefficient (Wildman–Crippen LogP) is 2.08. The van der Waals surface area contributed by atoms with E-state index in [1.807, 2.05) is 0 Å². The molecule has 0 aromatic heterocycles. The third-order valence-electron chi connectivity index (χ3n) is 2.53. The van der Waals surface area contributed by atoms with Crippen molar-refractivity contribution in [1.82, 2.24) is 5.32 Å². The third-order valence-corrected chi connectivity index (χ3v) is 2.81. The van der Waals surface area contributed by atoms with Crippen LogP contribution in [0.25, 0.3) is 0 Å². The molecule has 0 saturated heterocycles. The van der Waals surface area contributed by atoms with Crippen LogP contribution in [0.5, 0.6) is 11.5 Å².